The summed E-state index contributed by atoms with van der Waals surface area (Å²) in [4.78, 5) is 4.04. The number of hydrogen-bond acceptors (Lipinski definition) is 3. The fraction of sp³-hybridized carbons (Fsp3) is 0.333. The summed E-state index contributed by atoms with van der Waals surface area (Å²) in [5.41, 5.74) is 3.20. The van der Waals surface area contributed by atoms with Crippen LogP contribution < -0.4 is 4.74 Å². The van der Waals surface area contributed by atoms with Crippen molar-refractivity contribution in [2.24, 2.45) is 0 Å². The summed E-state index contributed by atoms with van der Waals surface area (Å²) in [6.45, 7) is 4.26. The fourth-order valence-corrected chi connectivity index (χ4v) is 2.42. The van der Waals surface area contributed by atoms with Gasteiger partial charge in [0, 0.05) is 10.6 Å². The minimum Gasteiger partial charge on any atom is -0.496 e. The molecule has 0 aliphatic heterocycles. The lowest BCUT2D eigenvalue weighted by molar-refractivity contribution is 0.413. The molecular formula is C15H18ClN3O. The first-order chi connectivity index (χ1) is 9.71. The third-order valence-corrected chi connectivity index (χ3v) is 3.49. The summed E-state index contributed by atoms with van der Waals surface area (Å²) in [5.74, 6) is 0.777. The second-order valence-electron chi connectivity index (χ2n) is 4.34. The summed E-state index contributed by atoms with van der Waals surface area (Å²) in [6, 6.07) is 5.60. The molecule has 0 amide bonds. The van der Waals surface area contributed by atoms with Gasteiger partial charge in [-0.1, -0.05) is 25.4 Å². The predicted octanol–water partition coefficient (Wildman–Crippen LogP) is 4.02. The largest absolute Gasteiger partial charge is 0.496 e. The Morgan fingerprint density at radius 1 is 1.30 bits per heavy atom. The van der Waals surface area contributed by atoms with Crippen molar-refractivity contribution in [1.82, 2.24) is 14.8 Å². The molecule has 0 saturated carbocycles. The van der Waals surface area contributed by atoms with Crippen molar-refractivity contribution in [2.75, 3.05) is 7.11 Å². The molecule has 0 radical (unpaired) electrons. The van der Waals surface area contributed by atoms with E-state index in [1.807, 2.05) is 18.2 Å². The molecule has 0 unspecified atom stereocenters. The van der Waals surface area contributed by atoms with Crippen LogP contribution in [-0.2, 0) is 0 Å². The molecule has 2 aromatic rings. The standard InChI is InChI=1S/C15H18ClN3O/c1-4-11(5-2)15(19-10-17-9-18-19)13-8-12(16)6-7-14(13)20-3/h6-10H,4-5H2,1-3H3. The van der Waals surface area contributed by atoms with Gasteiger partial charge in [-0.25, -0.2) is 9.67 Å². The fourth-order valence-electron chi connectivity index (χ4n) is 2.25. The average Bonchev–Trinajstić information content (AvgIpc) is 2.98. The van der Waals surface area contributed by atoms with Gasteiger partial charge in [-0.3, -0.25) is 0 Å². The second kappa shape index (κ2) is 6.57. The summed E-state index contributed by atoms with van der Waals surface area (Å²) in [6.07, 6.45) is 5.09. The Bertz CT molecular complexity index is 600. The summed E-state index contributed by atoms with van der Waals surface area (Å²) in [5, 5.41) is 4.94. The van der Waals surface area contributed by atoms with Gasteiger partial charge in [-0.2, -0.15) is 5.10 Å². The van der Waals surface area contributed by atoms with Crippen LogP contribution in [0.2, 0.25) is 5.02 Å². The van der Waals surface area contributed by atoms with Crippen LogP contribution in [0.4, 0.5) is 0 Å². The molecule has 2 rings (SSSR count). The van der Waals surface area contributed by atoms with Crippen LogP contribution in [0, 0.1) is 0 Å². The minimum atomic E-state index is 0.671. The zero-order valence-corrected chi connectivity index (χ0v) is 12.7. The van der Waals surface area contributed by atoms with Crippen molar-refractivity contribution in [2.45, 2.75) is 26.7 Å². The lowest BCUT2D eigenvalue weighted by Crippen LogP contribution is -2.05. The highest BCUT2D eigenvalue weighted by atomic mass is 35.5. The Labute approximate surface area is 124 Å². The average molecular weight is 292 g/mol. The van der Waals surface area contributed by atoms with E-state index in [1.165, 1.54) is 11.9 Å². The van der Waals surface area contributed by atoms with Crippen molar-refractivity contribution >= 4 is 17.3 Å². The Kier molecular flexibility index (Phi) is 4.79. The van der Waals surface area contributed by atoms with Gasteiger partial charge in [0.15, 0.2) is 0 Å². The monoisotopic (exact) mass is 291 g/mol. The second-order valence-corrected chi connectivity index (χ2v) is 4.78. The maximum absolute atomic E-state index is 6.15. The van der Waals surface area contributed by atoms with E-state index in [0.717, 1.165) is 29.9 Å². The third kappa shape index (κ3) is 2.85. The van der Waals surface area contributed by atoms with Gasteiger partial charge >= 0.3 is 0 Å². The molecule has 20 heavy (non-hydrogen) atoms. The topological polar surface area (TPSA) is 39.9 Å². The Hall–Kier alpha value is -1.81. The number of hydrogen-bond donors (Lipinski definition) is 0. The van der Waals surface area contributed by atoms with Crippen LogP contribution in [0.15, 0.2) is 36.4 Å². The molecule has 0 aliphatic rings. The van der Waals surface area contributed by atoms with E-state index < -0.39 is 0 Å². The van der Waals surface area contributed by atoms with Crippen LogP contribution in [-0.4, -0.2) is 21.9 Å². The van der Waals surface area contributed by atoms with Crippen LogP contribution in [0.1, 0.15) is 32.3 Å². The smallest absolute Gasteiger partial charge is 0.138 e. The van der Waals surface area contributed by atoms with Crippen molar-refractivity contribution in [3.63, 3.8) is 0 Å². The summed E-state index contributed by atoms with van der Waals surface area (Å²) < 4.78 is 7.24. The zero-order valence-electron chi connectivity index (χ0n) is 11.9. The molecule has 0 atom stereocenters. The van der Waals surface area contributed by atoms with Crippen LogP contribution >= 0.6 is 11.6 Å². The predicted molar refractivity (Wildman–Crippen MR) is 80.9 cm³/mol. The van der Waals surface area contributed by atoms with Gasteiger partial charge in [0.05, 0.1) is 12.8 Å². The summed E-state index contributed by atoms with van der Waals surface area (Å²) >= 11 is 6.15. The first-order valence-electron chi connectivity index (χ1n) is 6.62. The molecule has 4 nitrogen and oxygen atoms in total. The van der Waals surface area contributed by atoms with Crippen molar-refractivity contribution in [3.8, 4) is 5.75 Å². The summed E-state index contributed by atoms with van der Waals surface area (Å²) in [7, 11) is 1.66. The Morgan fingerprint density at radius 2 is 2.05 bits per heavy atom. The highest BCUT2D eigenvalue weighted by molar-refractivity contribution is 6.30. The van der Waals surface area contributed by atoms with E-state index in [0.29, 0.717) is 5.02 Å². The third-order valence-electron chi connectivity index (χ3n) is 3.25. The molecule has 0 N–H and O–H groups in total. The molecule has 1 heterocycles. The number of nitrogens with zero attached hydrogens (tertiary/aromatic N) is 3. The number of methoxy groups -OCH3 is 1. The lowest BCUT2D eigenvalue weighted by Gasteiger charge is -2.16. The van der Waals surface area contributed by atoms with Crippen LogP contribution in [0.5, 0.6) is 5.75 Å². The van der Waals surface area contributed by atoms with E-state index >= 15 is 0 Å². The molecule has 106 valence electrons. The minimum absolute atomic E-state index is 0.671. The first kappa shape index (κ1) is 14.6. The Morgan fingerprint density at radius 3 is 2.60 bits per heavy atom. The number of benzene rings is 1. The quantitative estimate of drug-likeness (QED) is 0.835. The van der Waals surface area contributed by atoms with Gasteiger partial charge in [0.1, 0.15) is 18.4 Å². The van der Waals surface area contributed by atoms with Crippen LogP contribution in [0.3, 0.4) is 0 Å². The lowest BCUT2D eigenvalue weighted by atomic mass is 10.0. The van der Waals surface area contributed by atoms with Gasteiger partial charge in [0.25, 0.3) is 0 Å². The molecule has 1 aromatic heterocycles. The number of allylic oxidation sites excluding steroid dienone is 1. The van der Waals surface area contributed by atoms with Crippen molar-refractivity contribution < 1.29 is 4.74 Å². The Balaban J connectivity index is 2.70. The van der Waals surface area contributed by atoms with E-state index in [4.69, 9.17) is 16.3 Å². The molecule has 0 bridgehead atoms. The molecular weight excluding hydrogens is 274 g/mol. The normalized spacial score (nSPS) is 10.4. The van der Waals surface area contributed by atoms with Gasteiger partial charge < -0.3 is 4.74 Å². The van der Waals surface area contributed by atoms with Gasteiger partial charge in [-0.05, 0) is 36.6 Å². The molecule has 0 saturated heterocycles. The number of aromatic nitrogens is 3. The first-order valence-corrected chi connectivity index (χ1v) is 7.00. The van der Waals surface area contributed by atoms with Crippen molar-refractivity contribution in [3.05, 3.63) is 47.0 Å². The molecule has 0 fully saturated rings. The van der Waals surface area contributed by atoms with E-state index in [1.54, 1.807) is 18.1 Å². The molecule has 1 aromatic carbocycles. The maximum Gasteiger partial charge on any atom is 0.138 e. The number of halogens is 1. The zero-order chi connectivity index (χ0) is 14.5. The van der Waals surface area contributed by atoms with Crippen molar-refractivity contribution in [1.29, 1.82) is 0 Å². The van der Waals surface area contributed by atoms with Crippen LogP contribution in [0.25, 0.3) is 5.70 Å². The SMILES string of the molecule is CCC(CC)=C(c1cc(Cl)ccc1OC)n1cncn1. The molecule has 0 aliphatic carbocycles. The van der Waals surface area contributed by atoms with E-state index in [-0.39, 0.29) is 0 Å². The van der Waals surface area contributed by atoms with Gasteiger partial charge in [0.2, 0.25) is 0 Å². The number of rotatable bonds is 5. The van der Waals surface area contributed by atoms with E-state index in [9.17, 15) is 0 Å². The van der Waals surface area contributed by atoms with E-state index in [2.05, 4.69) is 23.9 Å². The molecule has 5 heteroatoms. The maximum atomic E-state index is 6.15. The highest BCUT2D eigenvalue weighted by Crippen LogP contribution is 2.33. The number of ether oxygens (including phenoxy) is 1. The molecule has 0 spiro atoms. The highest BCUT2D eigenvalue weighted by Gasteiger charge is 2.15. The van der Waals surface area contributed by atoms with Gasteiger partial charge in [-0.15, -0.1) is 0 Å².